The van der Waals surface area contributed by atoms with Gasteiger partial charge in [0.1, 0.15) is 5.37 Å². The van der Waals surface area contributed by atoms with Crippen LogP contribution in [0.25, 0.3) is 0 Å². The van der Waals surface area contributed by atoms with E-state index in [-0.39, 0.29) is 17.2 Å². The molecular formula is C11H12N2O3S. The molecule has 1 aromatic heterocycles. The molecule has 0 bridgehead atoms. The molecule has 1 saturated heterocycles. The Morgan fingerprint density at radius 1 is 1.59 bits per heavy atom. The van der Waals surface area contributed by atoms with Crippen molar-refractivity contribution in [2.24, 2.45) is 5.92 Å². The maximum atomic E-state index is 11.3. The Balaban J connectivity index is 1.95. The molecule has 0 saturated carbocycles. The molecule has 0 radical (unpaired) electrons. The number of nitrogens with zero attached hydrogens (tertiary/aromatic N) is 2. The molecule has 1 fully saturated rings. The predicted molar refractivity (Wildman–Crippen MR) is 63.4 cm³/mol. The van der Waals surface area contributed by atoms with E-state index >= 15 is 0 Å². The number of pyridine rings is 1. The third kappa shape index (κ3) is 2.26. The lowest BCUT2D eigenvalue weighted by molar-refractivity contribution is -0.145. The van der Waals surface area contributed by atoms with Crippen molar-refractivity contribution < 1.29 is 14.7 Å². The van der Waals surface area contributed by atoms with E-state index in [1.54, 1.807) is 13.1 Å². The van der Waals surface area contributed by atoms with Gasteiger partial charge in [-0.3, -0.25) is 9.78 Å². The summed E-state index contributed by atoms with van der Waals surface area (Å²) < 4.78 is 0. The van der Waals surface area contributed by atoms with E-state index in [4.69, 9.17) is 5.11 Å². The standard InChI is InChI=1S/C11H12N2O3S/c1-7-9(14)13(11(15)16)10(7)17-6-8-4-2-3-5-12-8/h2-5,7,10H,6H2,1H3,(H,15,16). The maximum Gasteiger partial charge on any atom is 0.415 e. The fraction of sp³-hybridized carbons (Fsp3) is 0.364. The van der Waals surface area contributed by atoms with Crippen LogP contribution in [-0.2, 0) is 10.5 Å². The molecule has 90 valence electrons. The first-order valence-electron chi connectivity index (χ1n) is 5.19. The molecule has 1 aliphatic rings. The fourth-order valence-electron chi connectivity index (χ4n) is 1.68. The van der Waals surface area contributed by atoms with Gasteiger partial charge in [0.05, 0.1) is 11.6 Å². The quantitative estimate of drug-likeness (QED) is 0.830. The van der Waals surface area contributed by atoms with Crippen molar-refractivity contribution in [1.82, 2.24) is 9.88 Å². The largest absolute Gasteiger partial charge is 0.465 e. The van der Waals surface area contributed by atoms with Crippen LogP contribution in [0.1, 0.15) is 12.6 Å². The second-order valence-corrected chi connectivity index (χ2v) is 4.91. The first-order chi connectivity index (χ1) is 8.11. The highest BCUT2D eigenvalue weighted by atomic mass is 32.2. The first kappa shape index (κ1) is 11.9. The molecule has 2 amide bonds. The van der Waals surface area contributed by atoms with Gasteiger partial charge in [-0.2, -0.15) is 0 Å². The second kappa shape index (κ2) is 4.75. The predicted octanol–water partition coefficient (Wildman–Crippen LogP) is 1.80. The zero-order chi connectivity index (χ0) is 12.4. The molecule has 1 aromatic rings. The molecule has 0 aliphatic carbocycles. The van der Waals surface area contributed by atoms with E-state index in [1.807, 2.05) is 18.2 Å². The molecule has 2 atom stereocenters. The summed E-state index contributed by atoms with van der Waals surface area (Å²) in [6.45, 7) is 1.75. The number of β-lactam (4-membered cyclic amide) rings is 1. The number of carbonyl (C=O) groups is 2. The monoisotopic (exact) mass is 252 g/mol. The number of amides is 2. The van der Waals surface area contributed by atoms with Crippen molar-refractivity contribution in [2.75, 3.05) is 0 Å². The summed E-state index contributed by atoms with van der Waals surface area (Å²) in [5.74, 6) is 0.0447. The number of aromatic nitrogens is 1. The highest BCUT2D eigenvalue weighted by Gasteiger charge is 2.48. The lowest BCUT2D eigenvalue weighted by Crippen LogP contribution is -2.60. The smallest absolute Gasteiger partial charge is 0.415 e. The van der Waals surface area contributed by atoms with Crippen molar-refractivity contribution in [3.05, 3.63) is 30.1 Å². The van der Waals surface area contributed by atoms with Gasteiger partial charge in [0.25, 0.3) is 0 Å². The van der Waals surface area contributed by atoms with Gasteiger partial charge in [0.15, 0.2) is 0 Å². The molecule has 0 spiro atoms. The summed E-state index contributed by atoms with van der Waals surface area (Å²) in [7, 11) is 0. The maximum absolute atomic E-state index is 11.3. The molecule has 6 heteroatoms. The minimum atomic E-state index is -1.17. The van der Waals surface area contributed by atoms with Gasteiger partial charge in [-0.05, 0) is 12.1 Å². The molecule has 2 rings (SSSR count). The number of rotatable bonds is 3. The summed E-state index contributed by atoms with van der Waals surface area (Å²) in [5, 5.41) is 8.58. The van der Waals surface area contributed by atoms with E-state index in [9.17, 15) is 9.59 Å². The van der Waals surface area contributed by atoms with Crippen LogP contribution in [0.15, 0.2) is 24.4 Å². The molecular weight excluding hydrogens is 240 g/mol. The number of imide groups is 1. The van der Waals surface area contributed by atoms with Gasteiger partial charge >= 0.3 is 6.09 Å². The van der Waals surface area contributed by atoms with Crippen LogP contribution in [-0.4, -0.2) is 32.4 Å². The average molecular weight is 252 g/mol. The van der Waals surface area contributed by atoms with Gasteiger partial charge in [-0.25, -0.2) is 9.69 Å². The zero-order valence-corrected chi connectivity index (χ0v) is 10.1. The van der Waals surface area contributed by atoms with Crippen molar-refractivity contribution >= 4 is 23.8 Å². The highest BCUT2D eigenvalue weighted by Crippen LogP contribution is 2.36. The third-order valence-corrected chi connectivity index (χ3v) is 4.07. The van der Waals surface area contributed by atoms with Gasteiger partial charge in [0.2, 0.25) is 5.91 Å². The van der Waals surface area contributed by atoms with Crippen LogP contribution >= 0.6 is 11.8 Å². The van der Waals surface area contributed by atoms with Crippen molar-refractivity contribution in [3.8, 4) is 0 Å². The van der Waals surface area contributed by atoms with Crippen molar-refractivity contribution in [2.45, 2.75) is 18.1 Å². The average Bonchev–Trinajstić information content (AvgIpc) is 2.33. The van der Waals surface area contributed by atoms with Crippen molar-refractivity contribution in [1.29, 1.82) is 0 Å². The Hall–Kier alpha value is -1.56. The second-order valence-electron chi connectivity index (χ2n) is 3.80. The van der Waals surface area contributed by atoms with Crippen LogP contribution in [0.3, 0.4) is 0 Å². The topological polar surface area (TPSA) is 70.5 Å². The molecule has 2 unspecified atom stereocenters. The third-order valence-electron chi connectivity index (χ3n) is 2.64. The molecule has 17 heavy (non-hydrogen) atoms. The van der Waals surface area contributed by atoms with Gasteiger partial charge in [-0.1, -0.05) is 13.0 Å². The molecule has 1 N–H and O–H groups in total. The number of likely N-dealkylation sites (tertiary alicyclic amines) is 1. The Labute approximate surface area is 103 Å². The minimum absolute atomic E-state index is 0.236. The first-order valence-corrected chi connectivity index (χ1v) is 6.23. The van der Waals surface area contributed by atoms with E-state index in [0.29, 0.717) is 5.75 Å². The lowest BCUT2D eigenvalue weighted by Gasteiger charge is -2.41. The van der Waals surface area contributed by atoms with Gasteiger partial charge in [0, 0.05) is 11.9 Å². The minimum Gasteiger partial charge on any atom is -0.465 e. The SMILES string of the molecule is CC1C(=O)N(C(=O)O)C1SCc1ccccn1. The van der Waals surface area contributed by atoms with Gasteiger partial charge < -0.3 is 5.11 Å². The molecule has 1 aliphatic heterocycles. The summed E-state index contributed by atoms with van der Waals surface area (Å²) in [4.78, 5) is 27.2. The summed E-state index contributed by atoms with van der Waals surface area (Å²) in [6, 6.07) is 5.59. The van der Waals surface area contributed by atoms with E-state index in [1.165, 1.54) is 11.8 Å². The summed E-state index contributed by atoms with van der Waals surface area (Å²) >= 11 is 1.43. The van der Waals surface area contributed by atoms with E-state index < -0.39 is 6.09 Å². The van der Waals surface area contributed by atoms with E-state index in [2.05, 4.69) is 4.98 Å². The molecule has 5 nitrogen and oxygen atoms in total. The molecule has 0 aromatic carbocycles. The fourth-order valence-corrected chi connectivity index (χ4v) is 2.94. The Morgan fingerprint density at radius 2 is 2.35 bits per heavy atom. The van der Waals surface area contributed by atoms with Gasteiger partial charge in [-0.15, -0.1) is 11.8 Å². The number of hydrogen-bond donors (Lipinski definition) is 1. The van der Waals surface area contributed by atoms with Crippen LogP contribution in [0.2, 0.25) is 0 Å². The van der Waals surface area contributed by atoms with Crippen LogP contribution in [0.4, 0.5) is 4.79 Å². The Kier molecular flexibility index (Phi) is 3.33. The van der Waals surface area contributed by atoms with Crippen LogP contribution in [0, 0.1) is 5.92 Å². The summed E-state index contributed by atoms with van der Waals surface area (Å²) in [6.07, 6.45) is 0.520. The number of carbonyl (C=O) groups excluding carboxylic acids is 1. The highest BCUT2D eigenvalue weighted by molar-refractivity contribution is 7.99. The Morgan fingerprint density at radius 3 is 2.94 bits per heavy atom. The van der Waals surface area contributed by atoms with E-state index in [0.717, 1.165) is 10.6 Å². The number of hydrogen-bond acceptors (Lipinski definition) is 4. The number of carboxylic acid groups (broad SMARTS) is 1. The van der Waals surface area contributed by atoms with Crippen molar-refractivity contribution in [3.63, 3.8) is 0 Å². The lowest BCUT2D eigenvalue weighted by atomic mass is 10.0. The van der Waals surface area contributed by atoms with Crippen LogP contribution in [0.5, 0.6) is 0 Å². The Bertz CT molecular complexity index is 438. The normalized spacial score (nSPS) is 23.4. The number of thioether (sulfide) groups is 1. The molecule has 2 heterocycles. The summed E-state index contributed by atoms with van der Waals surface area (Å²) in [5.41, 5.74) is 0.884. The van der Waals surface area contributed by atoms with Crippen LogP contribution < -0.4 is 0 Å². The zero-order valence-electron chi connectivity index (χ0n) is 9.24.